The van der Waals surface area contributed by atoms with Gasteiger partial charge in [-0.3, -0.25) is 4.40 Å². The van der Waals surface area contributed by atoms with Crippen LogP contribution in [0.5, 0.6) is 0 Å². The second-order valence-electron chi connectivity index (χ2n) is 5.66. The number of hydrogen-bond acceptors (Lipinski definition) is 5. The Balaban J connectivity index is 1.60. The molecule has 4 rings (SSSR count). The summed E-state index contributed by atoms with van der Waals surface area (Å²) in [6.45, 7) is 0.563. The Morgan fingerprint density at radius 1 is 1.21 bits per heavy atom. The van der Waals surface area contributed by atoms with Crippen LogP contribution in [0.1, 0.15) is 29.5 Å². The number of anilines is 1. The third-order valence-corrected chi connectivity index (χ3v) is 5.76. The van der Waals surface area contributed by atoms with E-state index in [4.69, 9.17) is 23.2 Å². The van der Waals surface area contributed by atoms with Crippen molar-refractivity contribution in [1.82, 2.24) is 19.6 Å². The van der Waals surface area contributed by atoms with Gasteiger partial charge < -0.3 is 5.32 Å². The molecule has 24 heavy (non-hydrogen) atoms. The van der Waals surface area contributed by atoms with Gasteiger partial charge in [-0.1, -0.05) is 23.2 Å². The van der Waals surface area contributed by atoms with Gasteiger partial charge in [-0.05, 0) is 42.4 Å². The minimum Gasteiger partial charge on any atom is -0.363 e. The first kappa shape index (κ1) is 16.0. The van der Waals surface area contributed by atoms with E-state index in [0.717, 1.165) is 23.5 Å². The topological polar surface area (TPSA) is 55.1 Å². The minimum absolute atomic E-state index is 0.419. The third kappa shape index (κ3) is 3.18. The van der Waals surface area contributed by atoms with E-state index in [1.807, 2.05) is 34.5 Å². The zero-order valence-electron chi connectivity index (χ0n) is 12.7. The Bertz CT molecular complexity index is 856. The molecule has 1 N–H and O–H groups in total. The molecule has 124 valence electrons. The van der Waals surface area contributed by atoms with Crippen molar-refractivity contribution in [3.05, 3.63) is 52.0 Å². The van der Waals surface area contributed by atoms with Crippen LogP contribution in [0.4, 0.5) is 5.82 Å². The van der Waals surface area contributed by atoms with Crippen LogP contribution in [0, 0.1) is 0 Å². The van der Waals surface area contributed by atoms with Gasteiger partial charge in [0.1, 0.15) is 0 Å². The number of rotatable bonds is 4. The lowest BCUT2D eigenvalue weighted by Gasteiger charge is -2.09. The van der Waals surface area contributed by atoms with Crippen LogP contribution in [-0.2, 0) is 6.54 Å². The van der Waals surface area contributed by atoms with E-state index in [2.05, 4.69) is 20.5 Å². The highest BCUT2D eigenvalue weighted by Gasteiger charge is 2.23. The maximum atomic E-state index is 6.05. The highest BCUT2D eigenvalue weighted by Crippen LogP contribution is 2.39. The van der Waals surface area contributed by atoms with Crippen LogP contribution in [0.2, 0.25) is 10.0 Å². The molecule has 5 nitrogen and oxygen atoms in total. The van der Waals surface area contributed by atoms with Crippen LogP contribution in [-0.4, -0.2) is 25.3 Å². The summed E-state index contributed by atoms with van der Waals surface area (Å²) in [6.07, 6.45) is 6.07. The van der Waals surface area contributed by atoms with Crippen LogP contribution in [0.3, 0.4) is 0 Å². The second-order valence-corrected chi connectivity index (χ2v) is 7.84. The van der Waals surface area contributed by atoms with E-state index in [1.54, 1.807) is 12.3 Å². The zero-order valence-corrected chi connectivity index (χ0v) is 15.1. The Kier molecular flexibility index (Phi) is 4.52. The molecular weight excluding hydrogens is 365 g/mol. The van der Waals surface area contributed by atoms with Crippen molar-refractivity contribution in [2.75, 3.05) is 11.1 Å². The first-order valence-corrected chi connectivity index (χ1v) is 9.51. The van der Waals surface area contributed by atoms with Crippen LogP contribution in [0.15, 0.2) is 30.6 Å². The lowest BCUT2D eigenvalue weighted by molar-refractivity contribution is 0.765. The molecule has 8 heteroatoms. The van der Waals surface area contributed by atoms with E-state index in [1.165, 1.54) is 12.2 Å². The maximum absolute atomic E-state index is 6.05. The zero-order chi connectivity index (χ0) is 16.5. The largest absolute Gasteiger partial charge is 0.363 e. The quantitative estimate of drug-likeness (QED) is 0.716. The van der Waals surface area contributed by atoms with E-state index < -0.39 is 0 Å². The molecule has 3 aromatic rings. The number of benzene rings is 1. The summed E-state index contributed by atoms with van der Waals surface area (Å²) >= 11 is 14.0. The van der Waals surface area contributed by atoms with Gasteiger partial charge >= 0.3 is 0 Å². The highest BCUT2D eigenvalue weighted by molar-refractivity contribution is 7.99. The lowest BCUT2D eigenvalue weighted by atomic mass is 10.2. The van der Waals surface area contributed by atoms with Crippen molar-refractivity contribution in [3.8, 4) is 0 Å². The van der Waals surface area contributed by atoms with Crippen LogP contribution < -0.4 is 5.32 Å². The Morgan fingerprint density at radius 3 is 2.79 bits per heavy atom. The number of nitrogens with zero attached hydrogens (tertiary/aromatic N) is 4. The summed E-state index contributed by atoms with van der Waals surface area (Å²) in [4.78, 5) is 4.40. The van der Waals surface area contributed by atoms with E-state index in [9.17, 15) is 0 Å². The number of nitrogens with one attached hydrogen (secondary N) is 1. The Labute approximate surface area is 153 Å². The van der Waals surface area contributed by atoms with Crippen LogP contribution in [0.25, 0.3) is 5.65 Å². The summed E-state index contributed by atoms with van der Waals surface area (Å²) in [7, 11) is 0. The molecule has 0 radical (unpaired) electrons. The molecule has 0 saturated carbocycles. The molecule has 0 unspecified atom stereocenters. The van der Waals surface area contributed by atoms with Gasteiger partial charge in [0.25, 0.3) is 0 Å². The van der Waals surface area contributed by atoms with Crippen molar-refractivity contribution in [2.24, 2.45) is 0 Å². The van der Waals surface area contributed by atoms with Crippen molar-refractivity contribution < 1.29 is 0 Å². The fourth-order valence-electron chi connectivity index (χ4n) is 2.87. The predicted molar refractivity (Wildman–Crippen MR) is 99.0 cm³/mol. The first-order chi connectivity index (χ1) is 11.7. The summed E-state index contributed by atoms with van der Waals surface area (Å²) in [5.74, 6) is 2.89. The average molecular weight is 380 g/mol. The third-order valence-electron chi connectivity index (χ3n) is 3.95. The normalized spacial score (nSPS) is 17.5. The van der Waals surface area contributed by atoms with Crippen molar-refractivity contribution in [2.45, 2.75) is 24.6 Å². The van der Waals surface area contributed by atoms with Gasteiger partial charge in [-0.2, -0.15) is 11.8 Å². The summed E-state index contributed by atoms with van der Waals surface area (Å²) < 4.78 is 2.03. The SMILES string of the molecule is Clc1cc(Cl)cc(CNc2nccn3c([C@@H]4CCCS4)nnc23)c1. The summed E-state index contributed by atoms with van der Waals surface area (Å²) in [5, 5.41) is 13.7. The Morgan fingerprint density at radius 2 is 2.04 bits per heavy atom. The maximum Gasteiger partial charge on any atom is 0.203 e. The van der Waals surface area contributed by atoms with Crippen molar-refractivity contribution >= 4 is 46.4 Å². The average Bonchev–Trinajstić information content (AvgIpc) is 3.21. The van der Waals surface area contributed by atoms with E-state index >= 15 is 0 Å². The standard InChI is InChI=1S/C16H15Cl2N5S/c17-11-6-10(7-12(18)8-11)9-20-14-16-22-21-15(13-2-1-5-24-13)23(16)4-3-19-14/h3-4,6-8,13H,1-2,5,9H2,(H,19,20)/t13-/m0/s1. The molecule has 3 heterocycles. The monoisotopic (exact) mass is 379 g/mol. The molecule has 1 saturated heterocycles. The molecule has 1 atom stereocenters. The smallest absolute Gasteiger partial charge is 0.203 e. The highest BCUT2D eigenvalue weighted by atomic mass is 35.5. The summed E-state index contributed by atoms with van der Waals surface area (Å²) in [5.41, 5.74) is 1.73. The van der Waals surface area contributed by atoms with Crippen molar-refractivity contribution in [3.63, 3.8) is 0 Å². The molecule has 1 aliphatic rings. The minimum atomic E-state index is 0.419. The lowest BCUT2D eigenvalue weighted by Crippen LogP contribution is -2.05. The van der Waals surface area contributed by atoms with E-state index in [-0.39, 0.29) is 0 Å². The molecule has 1 fully saturated rings. The van der Waals surface area contributed by atoms with E-state index in [0.29, 0.717) is 27.7 Å². The number of fused-ring (bicyclic) bond motifs is 1. The van der Waals surface area contributed by atoms with Gasteiger partial charge in [-0.25, -0.2) is 4.98 Å². The van der Waals surface area contributed by atoms with Crippen molar-refractivity contribution in [1.29, 1.82) is 0 Å². The molecule has 0 spiro atoms. The van der Waals surface area contributed by atoms with Gasteiger partial charge in [0.15, 0.2) is 11.6 Å². The van der Waals surface area contributed by atoms with Gasteiger partial charge in [0, 0.05) is 29.0 Å². The number of aromatic nitrogens is 4. The number of halogens is 2. The first-order valence-electron chi connectivity index (χ1n) is 7.71. The fraction of sp³-hybridized carbons (Fsp3) is 0.312. The molecule has 0 amide bonds. The van der Waals surface area contributed by atoms with Gasteiger partial charge in [-0.15, -0.1) is 10.2 Å². The molecule has 0 bridgehead atoms. The molecule has 1 aliphatic heterocycles. The van der Waals surface area contributed by atoms with Gasteiger partial charge in [0.05, 0.1) is 5.25 Å². The summed E-state index contributed by atoms with van der Waals surface area (Å²) in [6, 6.07) is 5.48. The number of thioether (sulfide) groups is 1. The Hall–Kier alpha value is -1.50. The number of hydrogen-bond donors (Lipinski definition) is 1. The van der Waals surface area contributed by atoms with Gasteiger partial charge in [0.2, 0.25) is 5.65 Å². The molecule has 2 aromatic heterocycles. The predicted octanol–water partition coefficient (Wildman–Crippen LogP) is 4.61. The molecule has 0 aliphatic carbocycles. The molecular formula is C16H15Cl2N5S. The fourth-order valence-corrected chi connectivity index (χ4v) is 4.70. The second kappa shape index (κ2) is 6.78. The molecule has 1 aromatic carbocycles. The van der Waals surface area contributed by atoms with Crippen LogP contribution >= 0.6 is 35.0 Å².